The second kappa shape index (κ2) is 2.85. The van der Waals surface area contributed by atoms with Gasteiger partial charge in [-0.15, -0.1) is 5.10 Å². The van der Waals surface area contributed by atoms with Gasteiger partial charge in [-0.2, -0.15) is 10.3 Å². The summed E-state index contributed by atoms with van der Waals surface area (Å²) in [6.45, 7) is 1.91. The first-order chi connectivity index (χ1) is 6.25. The van der Waals surface area contributed by atoms with Crippen LogP contribution in [0.1, 0.15) is 5.69 Å². The first-order valence-corrected chi connectivity index (χ1v) is 3.76. The van der Waals surface area contributed by atoms with Crippen molar-refractivity contribution in [3.63, 3.8) is 0 Å². The van der Waals surface area contributed by atoms with E-state index in [-0.39, 0.29) is 0 Å². The third kappa shape index (κ3) is 1.48. The van der Waals surface area contributed by atoms with E-state index in [4.69, 9.17) is 0 Å². The van der Waals surface area contributed by atoms with Gasteiger partial charge < -0.3 is 5.32 Å². The number of nitrogens with one attached hydrogen (secondary N) is 2. The maximum Gasteiger partial charge on any atom is 0.267 e. The minimum absolute atomic E-state index is 0.441. The predicted molar refractivity (Wildman–Crippen MR) is 45.4 cm³/mol. The number of hydrogen-bond acceptors (Lipinski definition) is 5. The molecule has 0 fully saturated rings. The Morgan fingerprint density at radius 3 is 2.92 bits per heavy atom. The lowest BCUT2D eigenvalue weighted by atomic mass is 10.4. The van der Waals surface area contributed by atoms with Crippen molar-refractivity contribution in [2.75, 3.05) is 5.32 Å². The second-order valence-electron chi connectivity index (χ2n) is 2.66. The average molecular weight is 179 g/mol. The Balaban J connectivity index is 2.23. The van der Waals surface area contributed by atoms with E-state index in [0.717, 1.165) is 11.4 Å². The Labute approximate surface area is 74.1 Å². The zero-order valence-electron chi connectivity index (χ0n) is 7.31. The van der Waals surface area contributed by atoms with Crippen LogP contribution >= 0.6 is 0 Å². The summed E-state index contributed by atoms with van der Waals surface area (Å²) in [5.74, 6) is 0.441. The number of rotatable bonds is 2. The van der Waals surface area contributed by atoms with Gasteiger partial charge in [0.05, 0.1) is 11.4 Å². The topological polar surface area (TPSA) is 84.3 Å². The number of aromatic amines is 1. The zero-order chi connectivity index (χ0) is 9.26. The monoisotopic (exact) mass is 179 g/mol. The normalized spacial score (nSPS) is 10.3. The Morgan fingerprint density at radius 2 is 2.38 bits per heavy atom. The molecule has 0 spiro atoms. The fourth-order valence-electron chi connectivity index (χ4n) is 1.06. The van der Waals surface area contributed by atoms with Crippen LogP contribution in [0.15, 0.2) is 6.20 Å². The van der Waals surface area contributed by atoms with Crippen molar-refractivity contribution in [2.45, 2.75) is 6.92 Å². The van der Waals surface area contributed by atoms with E-state index in [1.807, 2.05) is 20.2 Å². The molecular weight excluding hydrogens is 170 g/mol. The molecule has 2 heterocycles. The summed E-state index contributed by atoms with van der Waals surface area (Å²) < 4.78 is 1.72. The van der Waals surface area contributed by atoms with Gasteiger partial charge in [-0.1, -0.05) is 5.10 Å². The highest BCUT2D eigenvalue weighted by Crippen LogP contribution is 2.14. The summed E-state index contributed by atoms with van der Waals surface area (Å²) in [6, 6.07) is 0. The van der Waals surface area contributed by atoms with Crippen LogP contribution in [0.2, 0.25) is 0 Å². The van der Waals surface area contributed by atoms with E-state index in [1.165, 1.54) is 0 Å². The molecule has 0 saturated heterocycles. The van der Waals surface area contributed by atoms with Crippen LogP contribution in [0, 0.1) is 6.92 Å². The smallest absolute Gasteiger partial charge is 0.267 e. The molecule has 0 amide bonds. The molecule has 2 aromatic rings. The molecule has 7 nitrogen and oxygen atoms in total. The quantitative estimate of drug-likeness (QED) is 0.677. The summed E-state index contributed by atoms with van der Waals surface area (Å²) in [7, 11) is 1.86. The van der Waals surface area contributed by atoms with Gasteiger partial charge in [0.2, 0.25) is 0 Å². The van der Waals surface area contributed by atoms with Crippen LogP contribution in [0.4, 0.5) is 11.6 Å². The van der Waals surface area contributed by atoms with Crippen LogP contribution in [-0.2, 0) is 7.05 Å². The Morgan fingerprint density at radius 1 is 1.54 bits per heavy atom. The maximum atomic E-state index is 4.16. The number of H-pyrrole nitrogens is 1. The SMILES string of the molecule is Cc1nn(C)cc1Nc1nn[nH]n1. The Kier molecular flexibility index (Phi) is 1.69. The molecule has 2 aromatic heterocycles. The van der Waals surface area contributed by atoms with Gasteiger partial charge >= 0.3 is 0 Å². The van der Waals surface area contributed by atoms with Crippen LogP contribution in [-0.4, -0.2) is 30.4 Å². The average Bonchev–Trinajstić information content (AvgIpc) is 2.63. The van der Waals surface area contributed by atoms with Crippen molar-refractivity contribution in [3.8, 4) is 0 Å². The van der Waals surface area contributed by atoms with Gasteiger partial charge in [0, 0.05) is 13.2 Å². The first-order valence-electron chi connectivity index (χ1n) is 3.76. The minimum atomic E-state index is 0.441. The third-order valence-electron chi connectivity index (χ3n) is 1.61. The molecule has 68 valence electrons. The molecule has 0 aliphatic heterocycles. The lowest BCUT2D eigenvalue weighted by Crippen LogP contribution is -1.92. The molecule has 0 saturated carbocycles. The van der Waals surface area contributed by atoms with E-state index in [0.29, 0.717) is 5.95 Å². The van der Waals surface area contributed by atoms with E-state index < -0.39 is 0 Å². The van der Waals surface area contributed by atoms with Gasteiger partial charge in [0.15, 0.2) is 0 Å². The molecule has 0 aliphatic rings. The molecule has 0 aliphatic carbocycles. The van der Waals surface area contributed by atoms with Crippen molar-refractivity contribution in [3.05, 3.63) is 11.9 Å². The van der Waals surface area contributed by atoms with Gasteiger partial charge in [-0.3, -0.25) is 4.68 Å². The van der Waals surface area contributed by atoms with Crippen molar-refractivity contribution < 1.29 is 0 Å². The third-order valence-corrected chi connectivity index (χ3v) is 1.61. The molecule has 0 bridgehead atoms. The summed E-state index contributed by atoms with van der Waals surface area (Å²) >= 11 is 0. The van der Waals surface area contributed by atoms with Crippen molar-refractivity contribution in [1.82, 2.24) is 30.4 Å². The fraction of sp³-hybridized carbons (Fsp3) is 0.333. The van der Waals surface area contributed by atoms with Gasteiger partial charge in [-0.25, -0.2) is 0 Å². The highest BCUT2D eigenvalue weighted by molar-refractivity contribution is 5.53. The molecular formula is C6H9N7. The van der Waals surface area contributed by atoms with Crippen LogP contribution in [0.25, 0.3) is 0 Å². The number of nitrogens with zero attached hydrogens (tertiary/aromatic N) is 5. The van der Waals surface area contributed by atoms with E-state index >= 15 is 0 Å². The molecule has 7 heteroatoms. The van der Waals surface area contributed by atoms with E-state index in [9.17, 15) is 0 Å². The van der Waals surface area contributed by atoms with Gasteiger partial charge in [0.25, 0.3) is 5.95 Å². The number of tetrazole rings is 1. The van der Waals surface area contributed by atoms with E-state index in [1.54, 1.807) is 4.68 Å². The lowest BCUT2D eigenvalue weighted by Gasteiger charge is -1.95. The van der Waals surface area contributed by atoms with Crippen molar-refractivity contribution >= 4 is 11.6 Å². The Bertz CT molecular complexity index is 387. The number of anilines is 2. The number of aryl methyl sites for hydroxylation is 2. The molecule has 13 heavy (non-hydrogen) atoms. The summed E-state index contributed by atoms with van der Waals surface area (Å²) in [5.41, 5.74) is 1.77. The molecule has 2 rings (SSSR count). The van der Waals surface area contributed by atoms with E-state index in [2.05, 4.69) is 31.0 Å². The molecule has 0 atom stereocenters. The molecule has 0 radical (unpaired) electrons. The molecule has 0 unspecified atom stereocenters. The molecule has 2 N–H and O–H groups in total. The zero-order valence-corrected chi connectivity index (χ0v) is 7.31. The van der Waals surface area contributed by atoms with Crippen molar-refractivity contribution in [2.24, 2.45) is 7.05 Å². The summed E-state index contributed by atoms with van der Waals surface area (Å²) in [4.78, 5) is 0. The standard InChI is InChI=1S/C6H9N7/c1-4-5(3-13(2)10-4)7-6-8-11-12-9-6/h3H,1-2H3,(H2,7,8,9,11,12). The Hall–Kier alpha value is -1.92. The van der Waals surface area contributed by atoms with Crippen LogP contribution < -0.4 is 5.32 Å². The largest absolute Gasteiger partial charge is 0.319 e. The van der Waals surface area contributed by atoms with Crippen molar-refractivity contribution in [1.29, 1.82) is 0 Å². The predicted octanol–water partition coefficient (Wildman–Crippen LogP) is -0.0148. The minimum Gasteiger partial charge on any atom is -0.319 e. The highest BCUT2D eigenvalue weighted by Gasteiger charge is 2.04. The van der Waals surface area contributed by atoms with Crippen LogP contribution in [0.5, 0.6) is 0 Å². The van der Waals surface area contributed by atoms with Gasteiger partial charge in [0.1, 0.15) is 0 Å². The summed E-state index contributed by atoms with van der Waals surface area (Å²) in [6.07, 6.45) is 1.85. The molecule has 0 aromatic carbocycles. The maximum absolute atomic E-state index is 4.16. The van der Waals surface area contributed by atoms with Crippen LogP contribution in [0.3, 0.4) is 0 Å². The first kappa shape index (κ1) is 7.71. The lowest BCUT2D eigenvalue weighted by molar-refractivity contribution is 0.756. The number of aromatic nitrogens is 6. The number of hydrogen-bond donors (Lipinski definition) is 2. The second-order valence-corrected chi connectivity index (χ2v) is 2.66. The highest BCUT2D eigenvalue weighted by atomic mass is 15.5. The van der Waals surface area contributed by atoms with Gasteiger partial charge in [-0.05, 0) is 12.1 Å². The fourth-order valence-corrected chi connectivity index (χ4v) is 1.06. The summed E-state index contributed by atoms with van der Waals surface area (Å²) in [5, 5.41) is 20.5.